The number of aliphatic hydroxyl groups excluding tert-OH is 1. The molecule has 1 aliphatic rings. The Kier molecular flexibility index (Phi) is 6.04. The quantitative estimate of drug-likeness (QED) is 0.746. The second kappa shape index (κ2) is 7.58. The van der Waals surface area contributed by atoms with Crippen molar-refractivity contribution >= 4 is 25.8 Å². The molecular weight excluding hydrogens is 358 g/mol. The molecule has 0 aromatic heterocycles. The highest BCUT2D eigenvalue weighted by molar-refractivity contribution is 9.10. The summed E-state index contributed by atoms with van der Waals surface area (Å²) in [5.74, 6) is 1.41. The number of sulfone groups is 1. The summed E-state index contributed by atoms with van der Waals surface area (Å²) in [5, 5.41) is 12.9. The van der Waals surface area contributed by atoms with E-state index in [1.165, 1.54) is 0 Å². The molecule has 0 amide bonds. The van der Waals surface area contributed by atoms with E-state index in [4.69, 9.17) is 4.74 Å². The molecule has 1 aromatic carbocycles. The Bertz CT molecular complexity index is 547. The van der Waals surface area contributed by atoms with Crippen molar-refractivity contribution in [3.8, 4) is 5.75 Å². The van der Waals surface area contributed by atoms with E-state index < -0.39 is 15.9 Å². The van der Waals surface area contributed by atoms with Gasteiger partial charge in [0.15, 0.2) is 9.84 Å². The molecule has 21 heavy (non-hydrogen) atoms. The zero-order chi connectivity index (χ0) is 15.3. The second-order valence-electron chi connectivity index (χ2n) is 5.35. The van der Waals surface area contributed by atoms with Crippen molar-refractivity contribution in [3.63, 3.8) is 0 Å². The molecule has 2 rings (SSSR count). The van der Waals surface area contributed by atoms with E-state index in [0.717, 1.165) is 4.47 Å². The fourth-order valence-electron chi connectivity index (χ4n) is 2.27. The number of rotatable bonds is 7. The first kappa shape index (κ1) is 16.7. The summed E-state index contributed by atoms with van der Waals surface area (Å²) >= 11 is 3.34. The molecule has 1 saturated heterocycles. The van der Waals surface area contributed by atoms with Gasteiger partial charge in [0, 0.05) is 11.0 Å². The summed E-state index contributed by atoms with van der Waals surface area (Å²) in [6.45, 7) is 1.22. The molecule has 5 nitrogen and oxygen atoms in total. The average Bonchev–Trinajstić information content (AvgIpc) is 2.78. The molecule has 7 heteroatoms. The van der Waals surface area contributed by atoms with Gasteiger partial charge in [0.25, 0.3) is 0 Å². The molecule has 0 spiro atoms. The van der Waals surface area contributed by atoms with Crippen molar-refractivity contribution < 1.29 is 18.3 Å². The summed E-state index contributed by atoms with van der Waals surface area (Å²) in [4.78, 5) is 0. The smallest absolute Gasteiger partial charge is 0.150 e. The van der Waals surface area contributed by atoms with Crippen LogP contribution in [0.5, 0.6) is 5.75 Å². The molecule has 2 unspecified atom stereocenters. The number of nitrogens with one attached hydrogen (secondary N) is 1. The maximum Gasteiger partial charge on any atom is 0.150 e. The predicted molar refractivity (Wildman–Crippen MR) is 85.3 cm³/mol. The molecule has 0 saturated carbocycles. The average molecular weight is 378 g/mol. The largest absolute Gasteiger partial charge is 0.491 e. The van der Waals surface area contributed by atoms with Gasteiger partial charge in [-0.1, -0.05) is 15.9 Å². The lowest BCUT2D eigenvalue weighted by Crippen LogP contribution is -2.34. The van der Waals surface area contributed by atoms with Crippen molar-refractivity contribution in [1.82, 2.24) is 5.32 Å². The first-order valence-corrected chi connectivity index (χ1v) is 9.53. The van der Waals surface area contributed by atoms with Crippen LogP contribution >= 0.6 is 15.9 Å². The van der Waals surface area contributed by atoms with Crippen molar-refractivity contribution in [2.45, 2.75) is 12.5 Å². The fraction of sp³-hybridized carbons (Fsp3) is 0.571. The third-order valence-corrected chi connectivity index (χ3v) is 5.76. The maximum atomic E-state index is 11.3. The molecule has 1 fully saturated rings. The lowest BCUT2D eigenvalue weighted by atomic mass is 10.1. The monoisotopic (exact) mass is 377 g/mol. The van der Waals surface area contributed by atoms with Crippen LogP contribution in [0.25, 0.3) is 0 Å². The molecule has 1 heterocycles. The number of hydrogen-bond acceptors (Lipinski definition) is 5. The Hall–Kier alpha value is -0.630. The van der Waals surface area contributed by atoms with Crippen LogP contribution in [-0.4, -0.2) is 50.8 Å². The molecule has 1 aliphatic heterocycles. The molecule has 0 radical (unpaired) electrons. The SMILES string of the molecule is O=S1(=O)CCC(CNCC(O)COc2ccc(Br)cc2)C1. The van der Waals surface area contributed by atoms with Crippen LogP contribution in [-0.2, 0) is 9.84 Å². The van der Waals surface area contributed by atoms with E-state index in [-0.39, 0.29) is 24.0 Å². The molecule has 118 valence electrons. The molecule has 2 atom stereocenters. The highest BCUT2D eigenvalue weighted by Crippen LogP contribution is 2.17. The minimum Gasteiger partial charge on any atom is -0.491 e. The van der Waals surface area contributed by atoms with Crippen LogP contribution in [0.4, 0.5) is 0 Å². The summed E-state index contributed by atoms with van der Waals surface area (Å²) in [7, 11) is -2.83. The van der Waals surface area contributed by atoms with Gasteiger partial charge >= 0.3 is 0 Å². The normalized spacial score (nSPS) is 22.1. The molecule has 0 aliphatic carbocycles. The standard InChI is InChI=1S/C14H20BrNO4S/c15-12-1-3-14(4-2-12)20-9-13(17)8-16-7-11-5-6-21(18,19)10-11/h1-4,11,13,16-17H,5-10H2. The van der Waals surface area contributed by atoms with Gasteiger partial charge in [-0.05, 0) is 43.1 Å². The first-order chi connectivity index (χ1) is 9.94. The number of hydrogen-bond donors (Lipinski definition) is 2. The van der Waals surface area contributed by atoms with Gasteiger partial charge < -0.3 is 15.2 Å². The van der Waals surface area contributed by atoms with Gasteiger partial charge in [0.1, 0.15) is 18.5 Å². The van der Waals surface area contributed by atoms with Crippen LogP contribution in [0.3, 0.4) is 0 Å². The molecule has 0 bridgehead atoms. The van der Waals surface area contributed by atoms with E-state index in [1.807, 2.05) is 24.3 Å². The van der Waals surface area contributed by atoms with Gasteiger partial charge in [-0.2, -0.15) is 0 Å². The van der Waals surface area contributed by atoms with Gasteiger partial charge in [-0.15, -0.1) is 0 Å². The topological polar surface area (TPSA) is 75.6 Å². The van der Waals surface area contributed by atoms with E-state index >= 15 is 0 Å². The van der Waals surface area contributed by atoms with E-state index in [1.54, 1.807) is 0 Å². The Balaban J connectivity index is 1.61. The summed E-state index contributed by atoms with van der Waals surface area (Å²) in [6.07, 6.45) is 0.0903. The van der Waals surface area contributed by atoms with Crippen molar-refractivity contribution in [2.24, 2.45) is 5.92 Å². The maximum absolute atomic E-state index is 11.3. The molecule has 1 aromatic rings. The zero-order valence-corrected chi connectivity index (χ0v) is 14.1. The zero-order valence-electron chi connectivity index (χ0n) is 11.7. The Morgan fingerprint density at radius 2 is 2.10 bits per heavy atom. The second-order valence-corrected chi connectivity index (χ2v) is 8.49. The van der Waals surface area contributed by atoms with Crippen molar-refractivity contribution in [2.75, 3.05) is 31.2 Å². The highest BCUT2D eigenvalue weighted by atomic mass is 79.9. The van der Waals surface area contributed by atoms with Gasteiger partial charge in [-0.25, -0.2) is 8.42 Å². The third kappa shape index (κ3) is 5.94. The van der Waals surface area contributed by atoms with E-state index in [0.29, 0.717) is 25.3 Å². The van der Waals surface area contributed by atoms with Gasteiger partial charge in [-0.3, -0.25) is 0 Å². The van der Waals surface area contributed by atoms with Crippen molar-refractivity contribution in [3.05, 3.63) is 28.7 Å². The fourth-order valence-corrected chi connectivity index (χ4v) is 4.40. The number of aliphatic hydroxyl groups is 1. The van der Waals surface area contributed by atoms with Crippen LogP contribution in [0.1, 0.15) is 6.42 Å². The first-order valence-electron chi connectivity index (χ1n) is 6.92. The Labute approximate surface area is 133 Å². The Morgan fingerprint density at radius 3 is 2.71 bits per heavy atom. The number of benzene rings is 1. The predicted octanol–water partition coefficient (Wildman–Crippen LogP) is 1.21. The Morgan fingerprint density at radius 1 is 1.38 bits per heavy atom. The van der Waals surface area contributed by atoms with Gasteiger partial charge in [0.05, 0.1) is 11.5 Å². The van der Waals surface area contributed by atoms with Crippen LogP contribution in [0, 0.1) is 5.92 Å². The minimum atomic E-state index is -2.83. The molecule has 2 N–H and O–H groups in total. The summed E-state index contributed by atoms with van der Waals surface area (Å²) in [5.41, 5.74) is 0. The summed E-state index contributed by atoms with van der Waals surface area (Å²) in [6, 6.07) is 7.40. The lowest BCUT2D eigenvalue weighted by Gasteiger charge is -2.15. The summed E-state index contributed by atoms with van der Waals surface area (Å²) < 4.78 is 29.1. The van der Waals surface area contributed by atoms with Crippen LogP contribution < -0.4 is 10.1 Å². The lowest BCUT2D eigenvalue weighted by molar-refractivity contribution is 0.106. The van der Waals surface area contributed by atoms with Crippen LogP contribution in [0.2, 0.25) is 0 Å². The molecular formula is C14H20BrNO4S. The van der Waals surface area contributed by atoms with Crippen LogP contribution in [0.15, 0.2) is 28.7 Å². The van der Waals surface area contributed by atoms with Crippen molar-refractivity contribution in [1.29, 1.82) is 0 Å². The highest BCUT2D eigenvalue weighted by Gasteiger charge is 2.27. The van der Waals surface area contributed by atoms with E-state index in [9.17, 15) is 13.5 Å². The third-order valence-electron chi connectivity index (χ3n) is 3.40. The van der Waals surface area contributed by atoms with Gasteiger partial charge in [0.2, 0.25) is 0 Å². The number of ether oxygens (including phenoxy) is 1. The van der Waals surface area contributed by atoms with E-state index in [2.05, 4.69) is 21.2 Å². The number of halogens is 1. The minimum absolute atomic E-state index is 0.162.